The summed E-state index contributed by atoms with van der Waals surface area (Å²) >= 11 is 0. The number of anilines is 1. The van der Waals surface area contributed by atoms with Crippen LogP contribution < -0.4 is 16.4 Å². The molecule has 0 saturated carbocycles. The maximum atomic E-state index is 11.3. The van der Waals surface area contributed by atoms with Gasteiger partial charge in [0.15, 0.2) is 0 Å². The maximum Gasteiger partial charge on any atom is 0.292 e. The molecule has 114 valence electrons. The number of benzene rings is 1. The summed E-state index contributed by atoms with van der Waals surface area (Å²) in [5.41, 5.74) is 11.6. The Hall–Kier alpha value is -2.19. The smallest absolute Gasteiger partial charge is 0.292 e. The lowest BCUT2D eigenvalue weighted by molar-refractivity contribution is -0.384. The predicted molar refractivity (Wildman–Crippen MR) is 77.2 cm³/mol. The van der Waals surface area contributed by atoms with Crippen molar-refractivity contribution in [2.24, 2.45) is 11.5 Å². The van der Waals surface area contributed by atoms with Crippen molar-refractivity contribution in [3.63, 3.8) is 0 Å². The largest absolute Gasteiger partial charge is 0.373 e. The molecule has 1 aliphatic heterocycles. The predicted octanol–water partition coefficient (Wildman–Crippen LogP) is 0.246. The molecule has 1 fully saturated rings. The molecule has 0 bridgehead atoms. The van der Waals surface area contributed by atoms with Gasteiger partial charge in [-0.05, 0) is 19.1 Å². The number of hydrogen-bond donors (Lipinski definition) is 2. The van der Waals surface area contributed by atoms with E-state index in [-0.39, 0.29) is 23.4 Å². The minimum atomic E-state index is -0.622. The van der Waals surface area contributed by atoms with Crippen molar-refractivity contribution >= 4 is 17.3 Å². The van der Waals surface area contributed by atoms with E-state index in [9.17, 15) is 14.9 Å². The Morgan fingerprint density at radius 1 is 1.57 bits per heavy atom. The van der Waals surface area contributed by atoms with Crippen molar-refractivity contribution < 1.29 is 14.5 Å². The molecule has 8 nitrogen and oxygen atoms in total. The first kappa shape index (κ1) is 15.2. The number of nitro benzene ring substituents is 1. The molecule has 0 radical (unpaired) electrons. The second-order valence-corrected chi connectivity index (χ2v) is 5.04. The average molecular weight is 294 g/mol. The summed E-state index contributed by atoms with van der Waals surface area (Å²) in [5, 5.41) is 11.2. The molecular formula is C13H18N4O4. The lowest BCUT2D eigenvalue weighted by atomic mass is 10.1. The van der Waals surface area contributed by atoms with Crippen molar-refractivity contribution in [2.45, 2.75) is 19.1 Å². The minimum Gasteiger partial charge on any atom is -0.373 e. The number of amides is 1. The molecule has 4 N–H and O–H groups in total. The van der Waals surface area contributed by atoms with Crippen molar-refractivity contribution in [3.8, 4) is 0 Å². The Morgan fingerprint density at radius 2 is 2.29 bits per heavy atom. The number of carbonyl (C=O) groups is 1. The van der Waals surface area contributed by atoms with Crippen LogP contribution in [0.4, 0.5) is 11.4 Å². The van der Waals surface area contributed by atoms with Crippen molar-refractivity contribution in [1.82, 2.24) is 0 Å². The summed E-state index contributed by atoms with van der Waals surface area (Å²) in [5.74, 6) is -0.622. The van der Waals surface area contributed by atoms with Crippen LogP contribution in [-0.2, 0) is 4.74 Å². The Labute approximate surface area is 121 Å². The van der Waals surface area contributed by atoms with E-state index < -0.39 is 10.8 Å². The summed E-state index contributed by atoms with van der Waals surface area (Å²) in [4.78, 5) is 23.8. The summed E-state index contributed by atoms with van der Waals surface area (Å²) in [6.07, 6.45) is -0.212. The molecule has 2 atom stereocenters. The highest BCUT2D eigenvalue weighted by Crippen LogP contribution is 2.30. The van der Waals surface area contributed by atoms with E-state index in [1.165, 1.54) is 18.2 Å². The van der Waals surface area contributed by atoms with Gasteiger partial charge in [0.2, 0.25) is 5.91 Å². The van der Waals surface area contributed by atoms with Gasteiger partial charge in [-0.25, -0.2) is 0 Å². The Balaban J connectivity index is 2.37. The van der Waals surface area contributed by atoms with Crippen LogP contribution in [0.15, 0.2) is 18.2 Å². The highest BCUT2D eigenvalue weighted by Gasteiger charge is 2.28. The second kappa shape index (κ2) is 6.06. The highest BCUT2D eigenvalue weighted by atomic mass is 16.6. The number of carbonyl (C=O) groups excluding carboxylic acids is 1. The summed E-state index contributed by atoms with van der Waals surface area (Å²) in [7, 11) is 0. The first-order valence-electron chi connectivity index (χ1n) is 6.60. The molecule has 1 aliphatic rings. The third kappa shape index (κ3) is 3.29. The van der Waals surface area contributed by atoms with E-state index >= 15 is 0 Å². The molecule has 0 spiro atoms. The van der Waals surface area contributed by atoms with Crippen LogP contribution >= 0.6 is 0 Å². The number of rotatable bonds is 4. The monoisotopic (exact) mass is 294 g/mol. The molecule has 1 heterocycles. The molecule has 1 saturated heterocycles. The van der Waals surface area contributed by atoms with Crippen LogP contribution in [0.2, 0.25) is 0 Å². The number of nitro groups is 1. The summed E-state index contributed by atoms with van der Waals surface area (Å²) in [6.45, 7) is 3.17. The highest BCUT2D eigenvalue weighted by molar-refractivity contribution is 5.94. The Kier molecular flexibility index (Phi) is 4.39. The number of hydrogen-bond acceptors (Lipinski definition) is 6. The van der Waals surface area contributed by atoms with Gasteiger partial charge >= 0.3 is 0 Å². The topological polar surface area (TPSA) is 125 Å². The van der Waals surface area contributed by atoms with Crippen molar-refractivity contribution in [2.75, 3.05) is 24.6 Å². The van der Waals surface area contributed by atoms with Gasteiger partial charge in [-0.1, -0.05) is 0 Å². The fourth-order valence-electron chi connectivity index (χ4n) is 2.30. The molecular weight excluding hydrogens is 276 g/mol. The standard InChI is InChI=1S/C13H18N4O4/c1-8(14)12-7-16(4-5-21-12)11-6-9(13(15)18)2-3-10(11)17(19)20/h2-3,6,8,12H,4-5,7,14H2,1H3,(H2,15,18). The van der Waals surface area contributed by atoms with Crippen molar-refractivity contribution in [1.29, 1.82) is 0 Å². The Bertz CT molecular complexity index is 561. The summed E-state index contributed by atoms with van der Waals surface area (Å²) < 4.78 is 5.54. The molecule has 2 unspecified atom stereocenters. The molecule has 1 aromatic rings. The van der Waals surface area contributed by atoms with Gasteiger partial charge in [-0.15, -0.1) is 0 Å². The van der Waals surface area contributed by atoms with Crippen LogP contribution in [0.25, 0.3) is 0 Å². The van der Waals surface area contributed by atoms with Crippen LogP contribution in [0.1, 0.15) is 17.3 Å². The summed E-state index contributed by atoms with van der Waals surface area (Å²) in [6, 6.07) is 3.91. The zero-order valence-corrected chi connectivity index (χ0v) is 11.7. The number of nitrogens with two attached hydrogens (primary N) is 2. The van der Waals surface area contributed by atoms with E-state index in [4.69, 9.17) is 16.2 Å². The van der Waals surface area contributed by atoms with Crippen LogP contribution in [0, 0.1) is 10.1 Å². The molecule has 0 aromatic heterocycles. The van der Waals surface area contributed by atoms with E-state index in [0.717, 1.165) is 0 Å². The molecule has 0 aliphatic carbocycles. The van der Waals surface area contributed by atoms with Gasteiger partial charge < -0.3 is 21.1 Å². The first-order valence-corrected chi connectivity index (χ1v) is 6.60. The molecule has 2 rings (SSSR count). The molecule has 1 aromatic carbocycles. The van der Waals surface area contributed by atoms with Gasteiger partial charge in [0, 0.05) is 30.8 Å². The van der Waals surface area contributed by atoms with Crippen LogP contribution in [0.3, 0.4) is 0 Å². The number of primary amides is 1. The molecule has 21 heavy (non-hydrogen) atoms. The van der Waals surface area contributed by atoms with Gasteiger partial charge in [-0.2, -0.15) is 0 Å². The van der Waals surface area contributed by atoms with Crippen LogP contribution in [0.5, 0.6) is 0 Å². The number of ether oxygens (including phenoxy) is 1. The average Bonchev–Trinajstić information content (AvgIpc) is 2.46. The fourth-order valence-corrected chi connectivity index (χ4v) is 2.30. The lowest BCUT2D eigenvalue weighted by Gasteiger charge is -2.35. The van der Waals surface area contributed by atoms with E-state index in [2.05, 4.69) is 0 Å². The van der Waals surface area contributed by atoms with Crippen LogP contribution in [-0.4, -0.2) is 42.7 Å². The SMILES string of the molecule is CC(N)C1CN(c2cc(C(N)=O)ccc2[N+](=O)[O-])CCO1. The van der Waals surface area contributed by atoms with Crippen molar-refractivity contribution in [3.05, 3.63) is 33.9 Å². The minimum absolute atomic E-state index is 0.0645. The Morgan fingerprint density at radius 3 is 2.86 bits per heavy atom. The van der Waals surface area contributed by atoms with Gasteiger partial charge in [-0.3, -0.25) is 14.9 Å². The molecule has 8 heteroatoms. The maximum absolute atomic E-state index is 11.3. The van der Waals surface area contributed by atoms with E-state index in [0.29, 0.717) is 25.4 Å². The number of nitrogens with zero attached hydrogens (tertiary/aromatic N) is 2. The second-order valence-electron chi connectivity index (χ2n) is 5.04. The van der Waals surface area contributed by atoms with Gasteiger partial charge in [0.05, 0.1) is 17.6 Å². The third-order valence-electron chi connectivity index (χ3n) is 3.48. The lowest BCUT2D eigenvalue weighted by Crippen LogP contribution is -2.49. The van der Waals surface area contributed by atoms with E-state index in [1.54, 1.807) is 0 Å². The zero-order valence-electron chi connectivity index (χ0n) is 11.7. The molecule has 1 amide bonds. The zero-order chi connectivity index (χ0) is 15.6. The normalized spacial score (nSPS) is 20.1. The first-order chi connectivity index (χ1) is 9.90. The fraction of sp³-hybridized carbons (Fsp3) is 0.462. The van der Waals surface area contributed by atoms with E-state index in [1.807, 2.05) is 11.8 Å². The van der Waals surface area contributed by atoms with Gasteiger partial charge in [0.25, 0.3) is 5.69 Å². The third-order valence-corrected chi connectivity index (χ3v) is 3.48. The quantitative estimate of drug-likeness (QED) is 0.605. The number of morpholine rings is 1. The van der Waals surface area contributed by atoms with Gasteiger partial charge in [0.1, 0.15) is 5.69 Å².